The maximum Gasteiger partial charge on any atom is 0.228 e. The van der Waals surface area contributed by atoms with Crippen LogP contribution in [0.2, 0.25) is 0 Å². The number of rotatable bonds is 8. The highest BCUT2D eigenvalue weighted by Gasteiger charge is 2.43. The fourth-order valence-electron chi connectivity index (χ4n) is 3.79. The molecule has 1 unspecified atom stereocenters. The molecular weight excluding hydrogens is 410 g/mol. The second-order valence-corrected chi connectivity index (χ2v) is 9.75. The average molecular weight is 434 g/mol. The number of amides is 1. The van der Waals surface area contributed by atoms with Gasteiger partial charge in [0.15, 0.2) is 0 Å². The van der Waals surface area contributed by atoms with Crippen LogP contribution in [0.15, 0.2) is 42.6 Å². The summed E-state index contributed by atoms with van der Waals surface area (Å²) in [6.07, 6.45) is 6.13. The Hall–Kier alpha value is -3.18. The van der Waals surface area contributed by atoms with Crippen LogP contribution in [-0.4, -0.2) is 25.8 Å². The number of nitrogens with zero attached hydrogens (tertiary/aromatic N) is 2. The molecule has 3 N–H and O–H groups in total. The van der Waals surface area contributed by atoms with Gasteiger partial charge in [-0.25, -0.2) is 9.19 Å². The first-order valence-electron chi connectivity index (χ1n) is 10.5. The third-order valence-corrected chi connectivity index (χ3v) is 7.34. The predicted octanol–water partition coefficient (Wildman–Crippen LogP) is 4.35. The normalized spacial score (nSPS) is 17.6. The molecule has 2 fully saturated rings. The van der Waals surface area contributed by atoms with Crippen LogP contribution < -0.4 is 10.0 Å². The summed E-state index contributed by atoms with van der Waals surface area (Å²) in [6, 6.07) is 13.8. The average Bonchev–Trinajstić information content (AvgIpc) is 3.67. The van der Waals surface area contributed by atoms with Crippen molar-refractivity contribution in [1.82, 2.24) is 9.97 Å². The van der Waals surface area contributed by atoms with Crippen molar-refractivity contribution in [2.24, 2.45) is 11.3 Å². The second-order valence-electron chi connectivity index (χ2n) is 8.56. The molecule has 2 aliphatic carbocycles. The number of anilines is 2. The zero-order valence-corrected chi connectivity index (χ0v) is 17.8. The topological polar surface area (TPSA) is 111 Å². The maximum absolute atomic E-state index is 12.5. The molecule has 2 heterocycles. The molecule has 7 nitrogen and oxygen atoms in total. The fraction of sp³-hybridized carbons (Fsp3) is 0.348. The molecule has 2 aromatic heterocycles. The van der Waals surface area contributed by atoms with E-state index in [4.69, 9.17) is 5.26 Å². The molecule has 0 radical (unpaired) electrons. The summed E-state index contributed by atoms with van der Waals surface area (Å²) >= 11 is 0. The molecule has 31 heavy (non-hydrogen) atoms. The van der Waals surface area contributed by atoms with Gasteiger partial charge in [0.1, 0.15) is 22.5 Å². The van der Waals surface area contributed by atoms with Crippen LogP contribution in [0.1, 0.15) is 32.1 Å². The van der Waals surface area contributed by atoms with E-state index < -0.39 is 11.0 Å². The van der Waals surface area contributed by atoms with Crippen LogP contribution >= 0.6 is 0 Å². The van der Waals surface area contributed by atoms with E-state index in [1.807, 2.05) is 42.6 Å². The Labute approximate surface area is 182 Å². The highest BCUT2D eigenvalue weighted by Crippen LogP contribution is 2.49. The lowest BCUT2D eigenvalue weighted by Gasteiger charge is -2.13. The molecule has 2 saturated carbocycles. The lowest BCUT2D eigenvalue weighted by Crippen LogP contribution is -2.17. The Bertz CT molecular complexity index is 1200. The van der Waals surface area contributed by atoms with Crippen molar-refractivity contribution in [2.45, 2.75) is 32.1 Å². The van der Waals surface area contributed by atoms with Crippen LogP contribution in [0.25, 0.3) is 22.2 Å². The van der Waals surface area contributed by atoms with E-state index in [-0.39, 0.29) is 17.2 Å². The first kappa shape index (κ1) is 19.8. The van der Waals surface area contributed by atoms with Crippen molar-refractivity contribution < 1.29 is 9.00 Å². The molecule has 158 valence electrons. The Morgan fingerprint density at radius 3 is 2.71 bits per heavy atom. The molecule has 0 aliphatic heterocycles. The van der Waals surface area contributed by atoms with Gasteiger partial charge < -0.3 is 15.0 Å². The van der Waals surface area contributed by atoms with Crippen LogP contribution in [-0.2, 0) is 15.8 Å². The zero-order chi connectivity index (χ0) is 21.4. The summed E-state index contributed by atoms with van der Waals surface area (Å²) in [5.74, 6) is 1.17. The zero-order valence-electron chi connectivity index (χ0n) is 17.0. The number of aromatic amines is 1. The van der Waals surface area contributed by atoms with Crippen LogP contribution in [0, 0.1) is 22.7 Å². The summed E-state index contributed by atoms with van der Waals surface area (Å²) in [5.41, 5.74) is 3.38. The van der Waals surface area contributed by atoms with Gasteiger partial charge in [0.05, 0.1) is 6.07 Å². The number of fused-ring (bicyclic) bond motifs is 1. The van der Waals surface area contributed by atoms with Crippen LogP contribution in [0.3, 0.4) is 0 Å². The molecule has 0 spiro atoms. The van der Waals surface area contributed by atoms with Gasteiger partial charge in [-0.05, 0) is 66.5 Å². The van der Waals surface area contributed by atoms with E-state index >= 15 is 0 Å². The summed E-state index contributed by atoms with van der Waals surface area (Å²) in [6.45, 7) is 0. The molecule has 1 amide bonds. The number of carbonyl (C=O) groups excluding carboxylic acids is 1. The van der Waals surface area contributed by atoms with E-state index in [0.29, 0.717) is 18.0 Å². The van der Waals surface area contributed by atoms with E-state index in [9.17, 15) is 9.00 Å². The monoisotopic (exact) mass is 433 g/mol. The smallest absolute Gasteiger partial charge is 0.228 e. The quantitative estimate of drug-likeness (QED) is 0.490. The summed E-state index contributed by atoms with van der Waals surface area (Å²) < 4.78 is 15.5. The van der Waals surface area contributed by atoms with Gasteiger partial charge in [0.25, 0.3) is 0 Å². The van der Waals surface area contributed by atoms with Crippen LogP contribution in [0.4, 0.5) is 11.5 Å². The van der Waals surface area contributed by atoms with Gasteiger partial charge in [-0.1, -0.05) is 12.1 Å². The Morgan fingerprint density at radius 2 is 2.03 bits per heavy atom. The number of hydrogen-bond donors (Lipinski definition) is 3. The number of benzene rings is 1. The number of carbonyl (C=O) groups is 1. The minimum absolute atomic E-state index is 0.0243. The van der Waals surface area contributed by atoms with Crippen molar-refractivity contribution >= 4 is 39.4 Å². The lowest BCUT2D eigenvalue weighted by atomic mass is 10.0. The molecule has 2 aliphatic rings. The second kappa shape index (κ2) is 7.82. The minimum atomic E-state index is -1.22. The lowest BCUT2D eigenvalue weighted by molar-refractivity contribution is -0.117. The maximum atomic E-state index is 12.5. The minimum Gasteiger partial charge on any atom is -0.346 e. The van der Waals surface area contributed by atoms with E-state index in [1.165, 1.54) is 0 Å². The van der Waals surface area contributed by atoms with Gasteiger partial charge in [0, 0.05) is 35.4 Å². The molecule has 1 aromatic carbocycles. The third kappa shape index (κ3) is 4.32. The van der Waals surface area contributed by atoms with E-state index in [2.05, 4.69) is 26.1 Å². The highest BCUT2D eigenvalue weighted by atomic mass is 32.2. The number of hydrogen-bond acceptors (Lipinski definition) is 4. The standard InChI is InChI=1S/C23H23N5O2S/c24-11-10-23(8-9-23)14-31(30)28-17-5-3-15(4-6-17)19-13-20(27-22(29)16-1-2-16)26-21-18(19)7-12-25-21/h3-7,12-13,16,28H,1-2,8-10,14H2,(H2,25,26,27,29). The summed E-state index contributed by atoms with van der Waals surface area (Å²) in [7, 11) is -1.22. The van der Waals surface area contributed by atoms with Gasteiger partial charge in [0.2, 0.25) is 5.91 Å². The molecule has 5 rings (SSSR count). The summed E-state index contributed by atoms with van der Waals surface area (Å²) in [4.78, 5) is 19.8. The van der Waals surface area contributed by atoms with Gasteiger partial charge in [-0.15, -0.1) is 0 Å². The Balaban J connectivity index is 1.34. The number of pyridine rings is 1. The van der Waals surface area contributed by atoms with Crippen molar-refractivity contribution in [1.29, 1.82) is 5.26 Å². The first-order valence-corrected chi connectivity index (χ1v) is 11.8. The fourth-order valence-corrected chi connectivity index (χ4v) is 5.21. The number of nitrogens with one attached hydrogen (secondary N) is 3. The Morgan fingerprint density at radius 1 is 1.26 bits per heavy atom. The molecule has 1 atom stereocenters. The van der Waals surface area contributed by atoms with Crippen molar-refractivity contribution in [3.63, 3.8) is 0 Å². The van der Waals surface area contributed by atoms with E-state index in [0.717, 1.165) is 53.5 Å². The van der Waals surface area contributed by atoms with Crippen molar-refractivity contribution in [3.8, 4) is 17.2 Å². The van der Waals surface area contributed by atoms with Gasteiger partial charge >= 0.3 is 0 Å². The third-order valence-electron chi connectivity index (χ3n) is 6.00. The number of nitriles is 1. The number of H-pyrrole nitrogens is 1. The summed E-state index contributed by atoms with van der Waals surface area (Å²) in [5, 5.41) is 12.8. The molecule has 8 heteroatoms. The number of aromatic nitrogens is 2. The molecule has 3 aromatic rings. The van der Waals surface area contributed by atoms with Crippen molar-refractivity contribution in [2.75, 3.05) is 15.8 Å². The van der Waals surface area contributed by atoms with Gasteiger partial charge in [-0.2, -0.15) is 5.26 Å². The molecule has 0 saturated heterocycles. The predicted molar refractivity (Wildman–Crippen MR) is 121 cm³/mol. The van der Waals surface area contributed by atoms with E-state index in [1.54, 1.807) is 0 Å². The molecule has 0 bridgehead atoms. The largest absolute Gasteiger partial charge is 0.346 e. The molecular formula is C23H23N5O2S. The van der Waals surface area contributed by atoms with Crippen LogP contribution in [0.5, 0.6) is 0 Å². The SMILES string of the molecule is N#CCC1(CS(=O)Nc2ccc(-c3cc(NC(=O)C4CC4)nc4[nH]ccc34)cc2)CC1. The van der Waals surface area contributed by atoms with Crippen molar-refractivity contribution in [3.05, 3.63) is 42.6 Å². The van der Waals surface area contributed by atoms with Gasteiger partial charge in [-0.3, -0.25) is 4.79 Å². The Kier molecular flexibility index (Phi) is 4.98. The first-order chi connectivity index (χ1) is 15.0. The highest BCUT2D eigenvalue weighted by molar-refractivity contribution is 7.86.